The van der Waals surface area contributed by atoms with Gasteiger partial charge in [0.1, 0.15) is 0 Å². The number of rotatable bonds is 0. The standard InChI is InChI=1S/C21H31ClO4/c1-19-7-6-16(23)18(25)14(19)4-3-12-13(19)5-8-20(2)15(12)11-17(24)21(20,26)9-10-22/h12-18,23-26H,3-8,11H2,1-2H3/t12-,13+,14?,15+,16-,17-,18+,19-,20+,21+/m1/s1. The minimum atomic E-state index is -1.44. The Hall–Kier alpha value is -0.310. The molecule has 1 unspecified atom stereocenters. The zero-order valence-corrected chi connectivity index (χ0v) is 16.4. The largest absolute Gasteiger partial charge is 0.390 e. The van der Waals surface area contributed by atoms with Crippen LogP contribution in [0.25, 0.3) is 0 Å². The van der Waals surface area contributed by atoms with Crippen LogP contribution in [0.15, 0.2) is 0 Å². The Balaban J connectivity index is 1.68. The van der Waals surface area contributed by atoms with Crippen LogP contribution in [0.3, 0.4) is 0 Å². The maximum atomic E-state index is 11.2. The summed E-state index contributed by atoms with van der Waals surface area (Å²) in [6.45, 7) is 4.36. The quantitative estimate of drug-likeness (QED) is 0.484. The van der Waals surface area contributed by atoms with Crippen molar-refractivity contribution < 1.29 is 20.4 Å². The first-order chi connectivity index (χ1) is 12.2. The third-order valence-corrected chi connectivity index (χ3v) is 9.28. The first-order valence-electron chi connectivity index (χ1n) is 10.1. The molecule has 0 aromatic heterocycles. The van der Waals surface area contributed by atoms with Crippen LogP contribution < -0.4 is 0 Å². The number of halogens is 1. The lowest BCUT2D eigenvalue weighted by Crippen LogP contribution is -2.60. The molecular weight excluding hydrogens is 352 g/mol. The molecule has 0 aromatic carbocycles. The first kappa shape index (κ1) is 19.0. The smallest absolute Gasteiger partial charge is 0.157 e. The molecule has 4 nitrogen and oxygen atoms in total. The van der Waals surface area contributed by atoms with Gasteiger partial charge in [0.25, 0.3) is 0 Å². The van der Waals surface area contributed by atoms with Crippen molar-refractivity contribution in [1.29, 1.82) is 0 Å². The molecule has 4 aliphatic carbocycles. The Morgan fingerprint density at radius 2 is 1.65 bits per heavy atom. The molecule has 4 rings (SSSR count). The third-order valence-electron chi connectivity index (χ3n) is 9.19. The van der Waals surface area contributed by atoms with Crippen LogP contribution in [-0.4, -0.2) is 44.3 Å². The van der Waals surface area contributed by atoms with Crippen molar-refractivity contribution in [1.82, 2.24) is 0 Å². The SMILES string of the molecule is C[C@]12CC[C@@H](O)[C@@H](O)C1CC[C@@H]1[C@@H]2CC[C@@]2(C)[C@H]1C[C@@H](O)[C@@]2(O)C#CCl. The van der Waals surface area contributed by atoms with E-state index in [4.69, 9.17) is 11.6 Å². The van der Waals surface area contributed by atoms with E-state index in [9.17, 15) is 20.4 Å². The molecule has 0 heterocycles. The highest BCUT2D eigenvalue weighted by Gasteiger charge is 2.68. The molecule has 4 aliphatic rings. The molecule has 4 saturated carbocycles. The van der Waals surface area contributed by atoms with Crippen LogP contribution in [0.5, 0.6) is 0 Å². The summed E-state index contributed by atoms with van der Waals surface area (Å²) >= 11 is 5.63. The fourth-order valence-electron chi connectivity index (χ4n) is 7.63. The number of hydrogen-bond donors (Lipinski definition) is 4. The minimum absolute atomic E-state index is 0.0206. The highest BCUT2D eigenvalue weighted by Crippen LogP contribution is 2.68. The molecule has 146 valence electrons. The summed E-state index contributed by atoms with van der Waals surface area (Å²) in [7, 11) is 0. The fourth-order valence-corrected chi connectivity index (χ4v) is 7.78. The van der Waals surface area contributed by atoms with Crippen LogP contribution in [0.1, 0.15) is 58.8 Å². The van der Waals surface area contributed by atoms with Gasteiger partial charge in [-0.05, 0) is 91.6 Å². The second-order valence-electron chi connectivity index (χ2n) is 9.86. The summed E-state index contributed by atoms with van der Waals surface area (Å²) in [6.07, 6.45) is 3.71. The van der Waals surface area contributed by atoms with Gasteiger partial charge in [-0.15, -0.1) is 0 Å². The molecule has 0 aromatic rings. The number of fused-ring (bicyclic) bond motifs is 5. The summed E-state index contributed by atoms with van der Waals surface area (Å²) in [4.78, 5) is 0. The fraction of sp³-hybridized carbons (Fsp3) is 0.905. The number of hydrogen-bond acceptors (Lipinski definition) is 4. The van der Waals surface area contributed by atoms with Crippen LogP contribution in [0.4, 0.5) is 0 Å². The van der Waals surface area contributed by atoms with E-state index in [-0.39, 0.29) is 17.3 Å². The van der Waals surface area contributed by atoms with Gasteiger partial charge in [-0.1, -0.05) is 13.8 Å². The predicted molar refractivity (Wildman–Crippen MR) is 99.1 cm³/mol. The van der Waals surface area contributed by atoms with E-state index in [1.807, 2.05) is 0 Å². The Morgan fingerprint density at radius 3 is 2.35 bits per heavy atom. The second-order valence-corrected chi connectivity index (χ2v) is 10.0. The Labute approximate surface area is 160 Å². The maximum Gasteiger partial charge on any atom is 0.157 e. The highest BCUT2D eigenvalue weighted by atomic mass is 35.5. The predicted octanol–water partition coefficient (Wildman–Crippen LogP) is 2.26. The molecule has 4 fully saturated rings. The average molecular weight is 383 g/mol. The number of aliphatic hydroxyl groups excluding tert-OH is 3. The second kappa shape index (κ2) is 6.09. The van der Waals surface area contributed by atoms with Crippen LogP contribution >= 0.6 is 11.6 Å². The van der Waals surface area contributed by atoms with Gasteiger partial charge in [-0.3, -0.25) is 0 Å². The molecule has 0 saturated heterocycles. The Bertz CT molecular complexity index is 644. The molecule has 0 spiro atoms. The zero-order chi connectivity index (χ0) is 18.9. The van der Waals surface area contributed by atoms with Crippen molar-refractivity contribution in [3.63, 3.8) is 0 Å². The average Bonchev–Trinajstić information content (AvgIpc) is 2.79. The molecule has 0 amide bonds. The van der Waals surface area contributed by atoms with Crippen molar-refractivity contribution >= 4 is 11.6 Å². The van der Waals surface area contributed by atoms with E-state index < -0.39 is 29.3 Å². The van der Waals surface area contributed by atoms with Crippen molar-refractivity contribution in [3.8, 4) is 11.3 Å². The topological polar surface area (TPSA) is 80.9 Å². The van der Waals surface area contributed by atoms with Crippen LogP contribution in [0.2, 0.25) is 0 Å². The van der Waals surface area contributed by atoms with Crippen LogP contribution in [-0.2, 0) is 0 Å². The molecule has 26 heavy (non-hydrogen) atoms. The van der Waals surface area contributed by atoms with E-state index in [0.717, 1.165) is 32.1 Å². The van der Waals surface area contributed by atoms with Gasteiger partial charge in [0.2, 0.25) is 0 Å². The van der Waals surface area contributed by atoms with E-state index in [2.05, 4.69) is 25.1 Å². The summed E-state index contributed by atoms with van der Waals surface area (Å²) in [5, 5.41) is 44.9. The molecule has 4 N–H and O–H groups in total. The minimum Gasteiger partial charge on any atom is -0.390 e. The monoisotopic (exact) mass is 382 g/mol. The summed E-state index contributed by atoms with van der Waals surface area (Å²) in [6, 6.07) is 0. The van der Waals surface area contributed by atoms with Gasteiger partial charge in [0.15, 0.2) is 5.60 Å². The van der Waals surface area contributed by atoms with Crippen molar-refractivity contribution in [3.05, 3.63) is 0 Å². The van der Waals surface area contributed by atoms with Crippen molar-refractivity contribution in [2.75, 3.05) is 0 Å². The Morgan fingerprint density at radius 1 is 0.923 bits per heavy atom. The van der Waals surface area contributed by atoms with Gasteiger partial charge < -0.3 is 20.4 Å². The lowest BCUT2D eigenvalue weighted by Gasteiger charge is -2.61. The Kier molecular flexibility index (Phi) is 4.46. The van der Waals surface area contributed by atoms with Crippen LogP contribution in [0, 0.1) is 45.8 Å². The van der Waals surface area contributed by atoms with Gasteiger partial charge >= 0.3 is 0 Å². The van der Waals surface area contributed by atoms with Gasteiger partial charge in [0.05, 0.1) is 18.3 Å². The maximum absolute atomic E-state index is 11.2. The molecule has 0 radical (unpaired) electrons. The summed E-state index contributed by atoms with van der Waals surface area (Å²) in [5.41, 5.74) is -1.87. The summed E-state index contributed by atoms with van der Waals surface area (Å²) in [5.74, 6) is 3.96. The highest BCUT2D eigenvalue weighted by molar-refractivity contribution is 6.30. The molecule has 5 heteroatoms. The third kappa shape index (κ3) is 2.25. The van der Waals surface area contributed by atoms with Crippen molar-refractivity contribution in [2.45, 2.75) is 82.7 Å². The molecule has 0 aliphatic heterocycles. The van der Waals surface area contributed by atoms with E-state index in [1.165, 1.54) is 0 Å². The van der Waals surface area contributed by atoms with Gasteiger partial charge in [0, 0.05) is 10.8 Å². The zero-order valence-electron chi connectivity index (χ0n) is 15.7. The van der Waals surface area contributed by atoms with Crippen molar-refractivity contribution in [2.24, 2.45) is 34.5 Å². The van der Waals surface area contributed by atoms with Gasteiger partial charge in [-0.2, -0.15) is 0 Å². The van der Waals surface area contributed by atoms with Gasteiger partial charge in [-0.25, -0.2) is 0 Å². The van der Waals surface area contributed by atoms with E-state index >= 15 is 0 Å². The first-order valence-corrected chi connectivity index (χ1v) is 10.5. The number of aliphatic hydroxyl groups is 4. The molecule has 0 bridgehead atoms. The van der Waals surface area contributed by atoms with E-state index in [1.54, 1.807) is 0 Å². The normalized spacial score (nSPS) is 58.8. The molecule has 10 atom stereocenters. The summed E-state index contributed by atoms with van der Waals surface area (Å²) < 4.78 is 0. The van der Waals surface area contributed by atoms with E-state index in [0.29, 0.717) is 24.7 Å². The molecular formula is C21H31ClO4. The lowest BCUT2D eigenvalue weighted by atomic mass is 9.44. The lowest BCUT2D eigenvalue weighted by molar-refractivity contribution is -0.183.